The van der Waals surface area contributed by atoms with E-state index in [-0.39, 0.29) is 12.3 Å². The molecule has 0 saturated carbocycles. The van der Waals surface area contributed by atoms with Crippen molar-refractivity contribution in [3.8, 4) is 10.6 Å². The van der Waals surface area contributed by atoms with Crippen LogP contribution in [-0.4, -0.2) is 28.9 Å². The summed E-state index contributed by atoms with van der Waals surface area (Å²) in [6, 6.07) is 13.0. The predicted octanol–water partition coefficient (Wildman–Crippen LogP) is 5.53. The maximum absolute atomic E-state index is 12.7. The minimum Gasteiger partial charge on any atom is -0.352 e. The molecular formula is C24H26F3N3OS. The first kappa shape index (κ1) is 23.9. The van der Waals surface area contributed by atoms with Crippen LogP contribution in [0.25, 0.3) is 10.6 Å². The van der Waals surface area contributed by atoms with Crippen LogP contribution >= 0.6 is 11.3 Å². The van der Waals surface area contributed by atoms with Gasteiger partial charge < -0.3 is 5.32 Å². The van der Waals surface area contributed by atoms with Crippen molar-refractivity contribution in [2.45, 2.75) is 39.5 Å². The highest BCUT2D eigenvalue weighted by atomic mass is 32.1. The van der Waals surface area contributed by atoms with Crippen LogP contribution in [-0.2, 0) is 30.5 Å². The number of carbonyl (C=O) groups is 1. The Kier molecular flexibility index (Phi) is 8.04. The summed E-state index contributed by atoms with van der Waals surface area (Å²) in [6.07, 6.45) is -4.24. The second-order valence-electron chi connectivity index (χ2n) is 7.45. The predicted molar refractivity (Wildman–Crippen MR) is 121 cm³/mol. The number of halogens is 3. The Balaban J connectivity index is 1.55. The number of nitrogens with zero attached hydrogens (tertiary/aromatic N) is 2. The molecule has 170 valence electrons. The van der Waals surface area contributed by atoms with E-state index in [0.29, 0.717) is 22.8 Å². The molecule has 2 aromatic carbocycles. The fourth-order valence-electron chi connectivity index (χ4n) is 3.29. The molecule has 0 spiro atoms. The van der Waals surface area contributed by atoms with Crippen LogP contribution in [0.4, 0.5) is 13.2 Å². The highest BCUT2D eigenvalue weighted by Gasteiger charge is 2.30. The second kappa shape index (κ2) is 10.7. The topological polar surface area (TPSA) is 45.2 Å². The van der Waals surface area contributed by atoms with Gasteiger partial charge in [0, 0.05) is 24.0 Å². The Morgan fingerprint density at radius 2 is 1.75 bits per heavy atom. The number of alkyl halides is 3. The van der Waals surface area contributed by atoms with Crippen molar-refractivity contribution >= 4 is 17.2 Å². The number of carbonyl (C=O) groups excluding carboxylic acids is 1. The van der Waals surface area contributed by atoms with E-state index in [1.165, 1.54) is 29.0 Å². The Morgan fingerprint density at radius 1 is 1.06 bits per heavy atom. The minimum atomic E-state index is -4.37. The highest BCUT2D eigenvalue weighted by Crippen LogP contribution is 2.31. The number of hydrogen-bond acceptors (Lipinski definition) is 4. The average Bonchev–Trinajstić information content (AvgIpc) is 3.24. The molecule has 0 atom stereocenters. The molecule has 1 aromatic heterocycles. The van der Waals surface area contributed by atoms with E-state index in [4.69, 9.17) is 0 Å². The van der Waals surface area contributed by atoms with Gasteiger partial charge in [-0.1, -0.05) is 50.2 Å². The van der Waals surface area contributed by atoms with Crippen molar-refractivity contribution in [1.29, 1.82) is 0 Å². The number of thiazole rings is 1. The van der Waals surface area contributed by atoms with Crippen molar-refractivity contribution in [3.05, 3.63) is 76.3 Å². The SMILES string of the molecule is CCN(CC)Cc1cccc(CNC(=O)Cc2csc(-c3ccc(C(F)(F)F)cc3)n2)c1. The molecule has 8 heteroatoms. The van der Waals surface area contributed by atoms with Crippen molar-refractivity contribution < 1.29 is 18.0 Å². The third-order valence-corrected chi connectivity index (χ3v) is 6.07. The van der Waals surface area contributed by atoms with E-state index in [2.05, 4.69) is 41.2 Å². The molecule has 0 aliphatic heterocycles. The number of amides is 1. The number of hydrogen-bond donors (Lipinski definition) is 1. The summed E-state index contributed by atoms with van der Waals surface area (Å²) < 4.78 is 38.1. The Labute approximate surface area is 190 Å². The monoisotopic (exact) mass is 461 g/mol. The lowest BCUT2D eigenvalue weighted by molar-refractivity contribution is -0.137. The molecule has 4 nitrogen and oxygen atoms in total. The summed E-state index contributed by atoms with van der Waals surface area (Å²) in [5, 5.41) is 5.27. The molecule has 0 bridgehead atoms. The smallest absolute Gasteiger partial charge is 0.352 e. The molecule has 1 N–H and O–H groups in total. The molecule has 0 aliphatic rings. The molecule has 32 heavy (non-hydrogen) atoms. The zero-order chi connectivity index (χ0) is 23.1. The van der Waals surface area contributed by atoms with Crippen LogP contribution in [0.1, 0.15) is 36.2 Å². The largest absolute Gasteiger partial charge is 0.416 e. The van der Waals surface area contributed by atoms with Crippen LogP contribution in [0.15, 0.2) is 53.9 Å². The summed E-state index contributed by atoms with van der Waals surface area (Å²) in [5.74, 6) is -0.150. The number of benzene rings is 2. The van der Waals surface area contributed by atoms with Gasteiger partial charge in [0.25, 0.3) is 0 Å². The van der Waals surface area contributed by atoms with Crippen molar-refractivity contribution in [2.75, 3.05) is 13.1 Å². The van der Waals surface area contributed by atoms with Gasteiger partial charge in [-0.15, -0.1) is 11.3 Å². The van der Waals surface area contributed by atoms with Crippen LogP contribution < -0.4 is 5.32 Å². The van der Waals surface area contributed by atoms with E-state index in [1.54, 1.807) is 5.38 Å². The summed E-state index contributed by atoms with van der Waals surface area (Å²) in [7, 11) is 0. The van der Waals surface area contributed by atoms with Gasteiger partial charge >= 0.3 is 6.18 Å². The Morgan fingerprint density at radius 3 is 2.41 bits per heavy atom. The minimum absolute atomic E-state index is 0.121. The van der Waals surface area contributed by atoms with Gasteiger partial charge in [-0.2, -0.15) is 13.2 Å². The Hall–Kier alpha value is -2.71. The third kappa shape index (κ3) is 6.64. The summed E-state index contributed by atoms with van der Waals surface area (Å²) in [6.45, 7) is 7.55. The van der Waals surface area contributed by atoms with Gasteiger partial charge in [-0.25, -0.2) is 4.98 Å². The molecule has 1 amide bonds. The van der Waals surface area contributed by atoms with Gasteiger partial charge in [-0.05, 0) is 36.3 Å². The molecule has 0 unspecified atom stereocenters. The molecular weight excluding hydrogens is 435 g/mol. The molecule has 3 aromatic rings. The number of aromatic nitrogens is 1. The van der Waals surface area contributed by atoms with Gasteiger partial charge in [0.2, 0.25) is 5.91 Å². The zero-order valence-corrected chi connectivity index (χ0v) is 18.9. The van der Waals surface area contributed by atoms with Gasteiger partial charge in [0.05, 0.1) is 17.7 Å². The first-order chi connectivity index (χ1) is 15.3. The van der Waals surface area contributed by atoms with Crippen LogP contribution in [0, 0.1) is 0 Å². The van der Waals surface area contributed by atoms with Crippen molar-refractivity contribution in [2.24, 2.45) is 0 Å². The fourth-order valence-corrected chi connectivity index (χ4v) is 4.12. The normalized spacial score (nSPS) is 11.7. The molecule has 0 fully saturated rings. The number of nitrogens with one attached hydrogen (secondary N) is 1. The molecule has 1 heterocycles. The quantitative estimate of drug-likeness (QED) is 0.456. The van der Waals surface area contributed by atoms with Gasteiger partial charge in [0.15, 0.2) is 0 Å². The zero-order valence-electron chi connectivity index (χ0n) is 18.1. The average molecular weight is 462 g/mol. The van der Waals surface area contributed by atoms with Crippen LogP contribution in [0.2, 0.25) is 0 Å². The molecule has 3 rings (SSSR count). The molecule has 0 aliphatic carbocycles. The van der Waals surface area contributed by atoms with E-state index in [1.807, 2.05) is 12.1 Å². The molecule has 0 radical (unpaired) electrons. The van der Waals surface area contributed by atoms with Gasteiger partial charge in [0.1, 0.15) is 5.01 Å². The van der Waals surface area contributed by atoms with E-state index < -0.39 is 11.7 Å². The standard InChI is InChI=1S/C24H26F3N3OS/c1-3-30(4-2)15-18-7-5-6-17(12-18)14-28-22(31)13-21-16-32-23(29-21)19-8-10-20(11-9-19)24(25,26)27/h5-12,16H,3-4,13-15H2,1-2H3,(H,28,31). The summed E-state index contributed by atoms with van der Waals surface area (Å²) >= 11 is 1.31. The lowest BCUT2D eigenvalue weighted by Crippen LogP contribution is -2.25. The lowest BCUT2D eigenvalue weighted by atomic mass is 10.1. The molecule has 0 saturated heterocycles. The summed E-state index contributed by atoms with van der Waals surface area (Å²) in [5.41, 5.74) is 2.74. The maximum atomic E-state index is 12.7. The third-order valence-electron chi connectivity index (χ3n) is 5.13. The van der Waals surface area contributed by atoms with Crippen molar-refractivity contribution in [1.82, 2.24) is 15.2 Å². The fraction of sp³-hybridized carbons (Fsp3) is 0.333. The van der Waals surface area contributed by atoms with Gasteiger partial charge in [-0.3, -0.25) is 9.69 Å². The van der Waals surface area contributed by atoms with Crippen LogP contribution in [0.3, 0.4) is 0 Å². The summed E-state index contributed by atoms with van der Waals surface area (Å²) in [4.78, 5) is 19.1. The van der Waals surface area contributed by atoms with Crippen molar-refractivity contribution in [3.63, 3.8) is 0 Å². The van der Waals surface area contributed by atoms with E-state index in [0.717, 1.165) is 37.3 Å². The maximum Gasteiger partial charge on any atom is 0.416 e. The lowest BCUT2D eigenvalue weighted by Gasteiger charge is -2.18. The Bertz CT molecular complexity index is 1030. The van der Waals surface area contributed by atoms with E-state index in [9.17, 15) is 18.0 Å². The van der Waals surface area contributed by atoms with Crippen LogP contribution in [0.5, 0.6) is 0 Å². The first-order valence-electron chi connectivity index (χ1n) is 10.5. The second-order valence-corrected chi connectivity index (χ2v) is 8.31. The highest BCUT2D eigenvalue weighted by molar-refractivity contribution is 7.13. The number of rotatable bonds is 9. The van der Waals surface area contributed by atoms with E-state index >= 15 is 0 Å². The first-order valence-corrected chi connectivity index (χ1v) is 11.3.